The van der Waals surface area contributed by atoms with E-state index < -0.39 is 0 Å². The van der Waals surface area contributed by atoms with Gasteiger partial charge in [-0.05, 0) is 52.3 Å². The molecule has 3 heteroatoms. The minimum Gasteiger partial charge on any atom is -0.372 e. The van der Waals surface area contributed by atoms with Crippen LogP contribution in [0.3, 0.4) is 0 Å². The molecule has 0 radical (unpaired) electrons. The Kier molecular flexibility index (Phi) is 4.71. The summed E-state index contributed by atoms with van der Waals surface area (Å²) in [5, 5.41) is 3.52. The molecule has 0 bridgehead atoms. The van der Waals surface area contributed by atoms with Crippen LogP contribution in [0, 0.1) is 0 Å². The second kappa shape index (κ2) is 6.15. The molecule has 3 nitrogen and oxygen atoms in total. The average Bonchev–Trinajstić information content (AvgIpc) is 2.35. The Morgan fingerprint density at radius 1 is 1.10 bits per heavy atom. The predicted octanol–water partition coefficient (Wildman–Crippen LogP) is 3.19. The van der Waals surface area contributed by atoms with Crippen molar-refractivity contribution in [2.75, 3.05) is 18.0 Å². The van der Waals surface area contributed by atoms with Gasteiger partial charge >= 0.3 is 0 Å². The highest BCUT2D eigenvalue weighted by Crippen LogP contribution is 2.21. The molecule has 0 aromatic heterocycles. The first-order valence-corrected chi connectivity index (χ1v) is 7.58. The maximum atomic E-state index is 5.79. The van der Waals surface area contributed by atoms with Crippen molar-refractivity contribution in [3.63, 3.8) is 0 Å². The number of hydrogen-bond acceptors (Lipinski definition) is 3. The highest BCUT2D eigenvalue weighted by molar-refractivity contribution is 5.48. The van der Waals surface area contributed by atoms with Crippen molar-refractivity contribution in [2.24, 2.45) is 0 Å². The van der Waals surface area contributed by atoms with Gasteiger partial charge < -0.3 is 15.0 Å². The highest BCUT2D eigenvalue weighted by Gasteiger charge is 2.22. The summed E-state index contributed by atoms with van der Waals surface area (Å²) in [5.41, 5.74) is 2.79. The number of nitrogens with one attached hydrogen (secondary N) is 1. The largest absolute Gasteiger partial charge is 0.372 e. The third-order valence-corrected chi connectivity index (χ3v) is 3.54. The van der Waals surface area contributed by atoms with E-state index in [1.807, 2.05) is 0 Å². The molecule has 1 aromatic carbocycles. The van der Waals surface area contributed by atoms with E-state index in [9.17, 15) is 0 Å². The van der Waals surface area contributed by atoms with Gasteiger partial charge in [0.05, 0.1) is 12.2 Å². The first-order chi connectivity index (χ1) is 9.33. The lowest BCUT2D eigenvalue weighted by Gasteiger charge is -2.37. The SMILES string of the molecule is CC1CN(c2ccc(CNC(C)(C)C)cc2)CC(C)O1. The third-order valence-electron chi connectivity index (χ3n) is 3.54. The van der Waals surface area contributed by atoms with Crippen LogP contribution in [0.25, 0.3) is 0 Å². The van der Waals surface area contributed by atoms with Crippen molar-refractivity contribution < 1.29 is 4.74 Å². The van der Waals surface area contributed by atoms with E-state index in [4.69, 9.17) is 4.74 Å². The number of rotatable bonds is 3. The summed E-state index contributed by atoms with van der Waals surface area (Å²) in [6, 6.07) is 8.90. The van der Waals surface area contributed by atoms with Crippen molar-refractivity contribution in [3.8, 4) is 0 Å². The summed E-state index contributed by atoms with van der Waals surface area (Å²) >= 11 is 0. The Morgan fingerprint density at radius 3 is 2.15 bits per heavy atom. The van der Waals surface area contributed by atoms with E-state index in [0.29, 0.717) is 12.2 Å². The van der Waals surface area contributed by atoms with E-state index >= 15 is 0 Å². The van der Waals surface area contributed by atoms with Crippen molar-refractivity contribution >= 4 is 5.69 Å². The zero-order valence-electron chi connectivity index (χ0n) is 13.4. The molecule has 1 fully saturated rings. The first kappa shape index (κ1) is 15.3. The van der Waals surface area contributed by atoms with Gasteiger partial charge in [-0.1, -0.05) is 12.1 Å². The van der Waals surface area contributed by atoms with Crippen molar-refractivity contribution in [1.82, 2.24) is 5.32 Å². The number of ether oxygens (including phenoxy) is 1. The molecule has 1 heterocycles. The topological polar surface area (TPSA) is 24.5 Å². The summed E-state index contributed by atoms with van der Waals surface area (Å²) in [6.07, 6.45) is 0.613. The fourth-order valence-corrected chi connectivity index (χ4v) is 2.58. The molecule has 0 saturated carbocycles. The van der Waals surface area contributed by atoms with Crippen molar-refractivity contribution in [3.05, 3.63) is 29.8 Å². The molecular weight excluding hydrogens is 248 g/mol. The van der Waals surface area contributed by atoms with Gasteiger partial charge in [-0.2, -0.15) is 0 Å². The first-order valence-electron chi connectivity index (χ1n) is 7.58. The summed E-state index contributed by atoms with van der Waals surface area (Å²) < 4.78 is 5.79. The van der Waals surface area contributed by atoms with Gasteiger partial charge in [0.25, 0.3) is 0 Å². The average molecular weight is 276 g/mol. The minimum absolute atomic E-state index is 0.160. The molecular formula is C17H28N2O. The molecule has 1 aliphatic heterocycles. The Labute approximate surface area is 123 Å². The highest BCUT2D eigenvalue weighted by atomic mass is 16.5. The monoisotopic (exact) mass is 276 g/mol. The van der Waals surface area contributed by atoms with E-state index in [0.717, 1.165) is 19.6 Å². The lowest BCUT2D eigenvalue weighted by Crippen LogP contribution is -2.45. The van der Waals surface area contributed by atoms with Crippen molar-refractivity contribution in [2.45, 2.75) is 58.9 Å². The van der Waals surface area contributed by atoms with Gasteiger partial charge in [0.15, 0.2) is 0 Å². The van der Waals surface area contributed by atoms with Gasteiger partial charge in [0.1, 0.15) is 0 Å². The number of morpholine rings is 1. The molecule has 2 rings (SSSR count). The molecule has 0 aliphatic carbocycles. The Hall–Kier alpha value is -1.06. The smallest absolute Gasteiger partial charge is 0.0726 e. The van der Waals surface area contributed by atoms with Gasteiger partial charge in [0, 0.05) is 30.9 Å². The number of anilines is 1. The molecule has 1 aliphatic rings. The Bertz CT molecular complexity index is 412. The third kappa shape index (κ3) is 4.50. The van der Waals surface area contributed by atoms with Crippen LogP contribution < -0.4 is 10.2 Å². The van der Waals surface area contributed by atoms with Gasteiger partial charge in [-0.3, -0.25) is 0 Å². The maximum absolute atomic E-state index is 5.79. The molecule has 2 unspecified atom stereocenters. The van der Waals surface area contributed by atoms with Crippen LogP contribution in [0.2, 0.25) is 0 Å². The lowest BCUT2D eigenvalue weighted by atomic mass is 10.1. The van der Waals surface area contributed by atoms with E-state index in [2.05, 4.69) is 69.1 Å². The zero-order chi connectivity index (χ0) is 14.8. The molecule has 1 N–H and O–H groups in total. The van der Waals surface area contributed by atoms with Crippen LogP contribution >= 0.6 is 0 Å². The standard InChI is InChI=1S/C17H28N2O/c1-13-11-19(12-14(2)20-13)16-8-6-15(7-9-16)10-18-17(3,4)5/h6-9,13-14,18H,10-12H2,1-5H3. The molecule has 1 saturated heterocycles. The van der Waals surface area contributed by atoms with E-state index in [-0.39, 0.29) is 5.54 Å². The van der Waals surface area contributed by atoms with Crippen LogP contribution in [0.4, 0.5) is 5.69 Å². The molecule has 0 amide bonds. The van der Waals surface area contributed by atoms with Crippen LogP contribution in [-0.4, -0.2) is 30.8 Å². The normalized spacial score (nSPS) is 23.9. The number of benzene rings is 1. The van der Waals surface area contributed by atoms with Crippen LogP contribution in [0.1, 0.15) is 40.2 Å². The Balaban J connectivity index is 1.97. The van der Waals surface area contributed by atoms with Gasteiger partial charge in [0.2, 0.25) is 0 Å². The van der Waals surface area contributed by atoms with Crippen LogP contribution in [0.5, 0.6) is 0 Å². The van der Waals surface area contributed by atoms with Gasteiger partial charge in [-0.25, -0.2) is 0 Å². The number of nitrogens with zero attached hydrogens (tertiary/aromatic N) is 1. The molecule has 20 heavy (non-hydrogen) atoms. The fourth-order valence-electron chi connectivity index (χ4n) is 2.58. The minimum atomic E-state index is 0.160. The van der Waals surface area contributed by atoms with Crippen LogP contribution in [0.15, 0.2) is 24.3 Å². The van der Waals surface area contributed by atoms with Crippen LogP contribution in [-0.2, 0) is 11.3 Å². The molecule has 112 valence electrons. The maximum Gasteiger partial charge on any atom is 0.0726 e. The number of hydrogen-bond donors (Lipinski definition) is 1. The summed E-state index contributed by atoms with van der Waals surface area (Å²) in [7, 11) is 0. The quantitative estimate of drug-likeness (QED) is 0.917. The molecule has 2 atom stereocenters. The second-order valence-electron chi connectivity index (χ2n) is 6.93. The molecule has 0 spiro atoms. The van der Waals surface area contributed by atoms with Crippen molar-refractivity contribution in [1.29, 1.82) is 0 Å². The van der Waals surface area contributed by atoms with E-state index in [1.54, 1.807) is 0 Å². The van der Waals surface area contributed by atoms with Gasteiger partial charge in [-0.15, -0.1) is 0 Å². The molecule has 1 aromatic rings. The lowest BCUT2D eigenvalue weighted by molar-refractivity contribution is -0.00521. The fraction of sp³-hybridized carbons (Fsp3) is 0.647. The summed E-state index contributed by atoms with van der Waals surface area (Å²) in [5.74, 6) is 0. The predicted molar refractivity (Wildman–Crippen MR) is 85.3 cm³/mol. The summed E-state index contributed by atoms with van der Waals surface area (Å²) in [6.45, 7) is 13.7. The second-order valence-corrected chi connectivity index (χ2v) is 6.93. The zero-order valence-corrected chi connectivity index (χ0v) is 13.4. The summed E-state index contributed by atoms with van der Waals surface area (Å²) in [4.78, 5) is 2.42. The Morgan fingerprint density at radius 2 is 1.65 bits per heavy atom. The van der Waals surface area contributed by atoms with E-state index in [1.165, 1.54) is 11.3 Å².